The lowest BCUT2D eigenvalue weighted by molar-refractivity contribution is -0.346. The maximum atomic E-state index is 11.5. The van der Waals surface area contributed by atoms with E-state index in [0.717, 1.165) is 0 Å². The molecule has 0 bridgehead atoms. The molecule has 0 radical (unpaired) electrons. The molecule has 18 heteroatoms. The summed E-state index contributed by atoms with van der Waals surface area (Å²) < 4.78 is 68.5. The summed E-state index contributed by atoms with van der Waals surface area (Å²) in [5, 5.41) is 11.5. The predicted molar refractivity (Wildman–Crippen MR) is 224 cm³/mol. The van der Waals surface area contributed by atoms with Gasteiger partial charge in [0.25, 0.3) is 0 Å². The van der Waals surface area contributed by atoms with Crippen LogP contribution in [0.5, 0.6) is 0 Å². The van der Waals surface area contributed by atoms with E-state index in [0.29, 0.717) is 6.61 Å². The van der Waals surface area contributed by atoms with Crippen molar-refractivity contribution in [1.29, 1.82) is 0 Å². The van der Waals surface area contributed by atoms with Gasteiger partial charge in [-0.15, -0.1) is 0 Å². The molecule has 0 aliphatic carbocycles. The number of hydrogen-bond donors (Lipinski definition) is 1. The SMILES string of the molecule is C[Si](C)(C)OCC1OC(O)C(O[Si](C)(C)C)C(O[Si](C)(C)C)C1OC1OC(CO[Si](C)(C)C)C(O[Si](C)(C)C)C(O[Si](C)(C)C)C1O[Si](C)(C)C. The minimum atomic E-state index is -2.23. The molecule has 2 aliphatic heterocycles. The molecule has 304 valence electrons. The highest BCUT2D eigenvalue weighted by atomic mass is 28.4. The van der Waals surface area contributed by atoms with Gasteiger partial charge in [-0.1, -0.05) is 0 Å². The zero-order valence-corrected chi connectivity index (χ0v) is 43.2. The van der Waals surface area contributed by atoms with Crippen LogP contribution in [0.15, 0.2) is 0 Å². The summed E-state index contributed by atoms with van der Waals surface area (Å²) in [6.45, 7) is 45.9. The first-order chi connectivity index (χ1) is 22.5. The summed E-state index contributed by atoms with van der Waals surface area (Å²) in [6.07, 6.45) is -6.86. The Labute approximate surface area is 319 Å². The van der Waals surface area contributed by atoms with Crippen LogP contribution in [-0.4, -0.2) is 138 Å². The fourth-order valence-corrected chi connectivity index (χ4v) is 12.6. The third-order valence-electron chi connectivity index (χ3n) is 7.30. The van der Waals surface area contributed by atoms with Crippen LogP contribution < -0.4 is 0 Å². The molecule has 0 aromatic heterocycles. The fourth-order valence-electron chi connectivity index (χ4n) is 5.84. The maximum absolute atomic E-state index is 11.5. The highest BCUT2D eigenvalue weighted by Crippen LogP contribution is 2.38. The molecule has 2 rings (SSSR count). The molecule has 10 unspecified atom stereocenters. The summed E-state index contributed by atoms with van der Waals surface area (Å²) in [4.78, 5) is 0. The Morgan fingerprint density at radius 2 is 0.686 bits per heavy atom. The Morgan fingerprint density at radius 1 is 0.373 bits per heavy atom. The smallest absolute Gasteiger partial charge is 0.186 e. The van der Waals surface area contributed by atoms with Crippen molar-refractivity contribution in [2.24, 2.45) is 0 Å². The summed E-state index contributed by atoms with van der Waals surface area (Å²) in [5.74, 6) is 0. The van der Waals surface area contributed by atoms with Crippen LogP contribution in [0.2, 0.25) is 137 Å². The first-order valence-electron chi connectivity index (χ1n) is 18.8. The van der Waals surface area contributed by atoms with Crippen LogP contribution in [0, 0.1) is 0 Å². The van der Waals surface area contributed by atoms with Crippen molar-refractivity contribution < 1.29 is 50.3 Å². The molecule has 0 saturated carbocycles. The van der Waals surface area contributed by atoms with Crippen molar-refractivity contribution in [1.82, 2.24) is 0 Å². The molecular formula is C33H78O11Si7. The van der Waals surface area contributed by atoms with E-state index in [-0.39, 0.29) is 6.61 Å². The molecular weight excluding hydrogens is 769 g/mol. The van der Waals surface area contributed by atoms with Crippen LogP contribution in [0.3, 0.4) is 0 Å². The second-order valence-electron chi connectivity index (χ2n) is 21.0. The van der Waals surface area contributed by atoms with Crippen molar-refractivity contribution >= 4 is 58.2 Å². The number of aliphatic hydroxyl groups is 1. The maximum Gasteiger partial charge on any atom is 0.186 e. The largest absolute Gasteiger partial charge is 0.415 e. The molecule has 1 N–H and O–H groups in total. The van der Waals surface area contributed by atoms with E-state index in [4.69, 9.17) is 45.2 Å². The van der Waals surface area contributed by atoms with E-state index in [1.807, 2.05) is 0 Å². The first-order valence-corrected chi connectivity index (χ1v) is 42.7. The number of aliphatic hydroxyl groups excluding tert-OH is 1. The molecule has 2 saturated heterocycles. The van der Waals surface area contributed by atoms with Crippen LogP contribution in [0.25, 0.3) is 0 Å². The van der Waals surface area contributed by atoms with Gasteiger partial charge in [0.2, 0.25) is 0 Å². The van der Waals surface area contributed by atoms with Gasteiger partial charge < -0.3 is 50.3 Å². The van der Waals surface area contributed by atoms with Gasteiger partial charge in [0.15, 0.2) is 70.8 Å². The van der Waals surface area contributed by atoms with E-state index in [1.165, 1.54) is 0 Å². The zero-order valence-electron chi connectivity index (χ0n) is 36.2. The Kier molecular flexibility index (Phi) is 16.7. The van der Waals surface area contributed by atoms with E-state index in [9.17, 15) is 5.11 Å². The molecule has 10 atom stereocenters. The van der Waals surface area contributed by atoms with E-state index in [2.05, 4.69) is 137 Å². The van der Waals surface area contributed by atoms with Gasteiger partial charge in [-0.25, -0.2) is 0 Å². The van der Waals surface area contributed by atoms with Crippen molar-refractivity contribution in [3.8, 4) is 0 Å². The second-order valence-corrected chi connectivity index (χ2v) is 52.4. The minimum absolute atomic E-state index is 0.229. The topological polar surface area (TPSA) is 113 Å². The number of hydrogen-bond acceptors (Lipinski definition) is 11. The van der Waals surface area contributed by atoms with Gasteiger partial charge >= 0.3 is 0 Å². The monoisotopic (exact) mass is 846 g/mol. The van der Waals surface area contributed by atoms with Crippen molar-refractivity contribution in [3.63, 3.8) is 0 Å². The predicted octanol–water partition coefficient (Wildman–Crippen LogP) is 7.62. The standard InChI is InChI=1S/C33H78O11Si7/c1-45(2,3)35-22-24-26(28(41-48(10,11)12)30(32(34)37-24)43-50(16,17)18)39-33-31(44-51(19,20)21)29(42-49(13,14)15)27(40-47(7,8)9)25(38-33)23-36-46(4,5)6/h24-34H,22-23H2,1-21H3. The lowest BCUT2D eigenvalue weighted by Gasteiger charge is -2.53. The molecule has 0 aromatic carbocycles. The van der Waals surface area contributed by atoms with Crippen LogP contribution in [-0.2, 0) is 45.2 Å². The third kappa shape index (κ3) is 18.3. The molecule has 2 fully saturated rings. The van der Waals surface area contributed by atoms with Crippen LogP contribution in [0.4, 0.5) is 0 Å². The summed E-state index contributed by atoms with van der Waals surface area (Å²) in [7, 11) is -14.9. The lowest BCUT2D eigenvalue weighted by atomic mass is 9.97. The van der Waals surface area contributed by atoms with Crippen LogP contribution in [0.1, 0.15) is 0 Å². The Hall–Kier alpha value is 1.08. The van der Waals surface area contributed by atoms with E-state index < -0.39 is 120 Å². The van der Waals surface area contributed by atoms with E-state index >= 15 is 0 Å². The van der Waals surface area contributed by atoms with Gasteiger partial charge in [-0.3, -0.25) is 0 Å². The van der Waals surface area contributed by atoms with Gasteiger partial charge in [-0.2, -0.15) is 0 Å². The van der Waals surface area contributed by atoms with Crippen molar-refractivity contribution in [3.05, 3.63) is 0 Å². The molecule has 51 heavy (non-hydrogen) atoms. The van der Waals surface area contributed by atoms with Crippen molar-refractivity contribution in [2.75, 3.05) is 13.2 Å². The number of ether oxygens (including phenoxy) is 3. The van der Waals surface area contributed by atoms with Gasteiger partial charge in [0.05, 0.1) is 13.2 Å². The number of rotatable bonds is 18. The van der Waals surface area contributed by atoms with Gasteiger partial charge in [-0.05, 0) is 137 Å². The Morgan fingerprint density at radius 3 is 1.06 bits per heavy atom. The Balaban J connectivity index is 2.83. The second kappa shape index (κ2) is 17.7. The average Bonchev–Trinajstić information content (AvgIpc) is 2.84. The van der Waals surface area contributed by atoms with Gasteiger partial charge in [0, 0.05) is 0 Å². The normalized spacial score (nSPS) is 32.4. The molecule has 0 aromatic rings. The Bertz CT molecular complexity index is 1070. The summed E-state index contributed by atoms with van der Waals surface area (Å²) >= 11 is 0. The fraction of sp³-hybridized carbons (Fsp3) is 1.00. The molecule has 2 heterocycles. The highest BCUT2D eigenvalue weighted by Gasteiger charge is 2.56. The molecule has 2 aliphatic rings. The van der Waals surface area contributed by atoms with Gasteiger partial charge in [0.1, 0.15) is 48.8 Å². The third-order valence-corrected chi connectivity index (χ3v) is 14.3. The quantitative estimate of drug-likeness (QED) is 0.138. The summed E-state index contributed by atoms with van der Waals surface area (Å²) in [5.41, 5.74) is 0. The molecule has 0 amide bonds. The first kappa shape index (κ1) is 48.2. The lowest BCUT2D eigenvalue weighted by Crippen LogP contribution is -2.69. The van der Waals surface area contributed by atoms with E-state index in [1.54, 1.807) is 0 Å². The highest BCUT2D eigenvalue weighted by molar-refractivity contribution is 6.72. The van der Waals surface area contributed by atoms with Crippen molar-refractivity contribution in [2.45, 2.75) is 199 Å². The molecule has 0 spiro atoms. The van der Waals surface area contributed by atoms with Crippen LogP contribution >= 0.6 is 0 Å². The molecule has 11 nitrogen and oxygen atoms in total. The minimum Gasteiger partial charge on any atom is -0.415 e. The average molecular weight is 848 g/mol. The zero-order chi connectivity index (χ0) is 39.8. The summed E-state index contributed by atoms with van der Waals surface area (Å²) in [6, 6.07) is 0.